The predicted octanol–water partition coefficient (Wildman–Crippen LogP) is 3.42. The van der Waals surface area contributed by atoms with Crippen LogP contribution in [0.3, 0.4) is 0 Å². The Hall–Kier alpha value is -3.13. The Labute approximate surface area is 190 Å². The zero-order valence-electron chi connectivity index (χ0n) is 17.4. The molecule has 3 rings (SSSR count). The topological polar surface area (TPSA) is 116 Å². The minimum atomic E-state index is -4.87. The zero-order valence-corrected chi connectivity index (χ0v) is 18.3. The molecule has 1 unspecified atom stereocenters. The van der Waals surface area contributed by atoms with Gasteiger partial charge in [-0.1, -0.05) is 0 Å². The summed E-state index contributed by atoms with van der Waals surface area (Å²) < 4.78 is 101. The van der Waals surface area contributed by atoms with Crippen molar-refractivity contribution in [3.8, 4) is 5.75 Å². The Morgan fingerprint density at radius 1 is 1.21 bits per heavy atom. The number of carboxylic acid groups (broad SMARTS) is 1. The molecule has 0 aromatic heterocycles. The second-order valence-electron chi connectivity index (χ2n) is 7.49. The third kappa shape index (κ3) is 5.17. The standard InChI is InChI=1S/C20H19F5N2O6S/c1-33-15-5-2-11(18(29)30)8-16(15)34(31,32)26-13-9-12(20(23,24)25)3-4-14(13)27-7-6-17(28)19(21,22)10-27/h2-5,8-9,17,26,28H,6-7,10H2,1H3,(H,29,30). The number of hydrogen-bond acceptors (Lipinski definition) is 6. The average molecular weight is 510 g/mol. The Balaban J connectivity index is 2.11. The monoisotopic (exact) mass is 510 g/mol. The zero-order chi connectivity index (χ0) is 25.5. The van der Waals surface area contributed by atoms with E-state index in [-0.39, 0.29) is 18.0 Å². The van der Waals surface area contributed by atoms with Gasteiger partial charge in [0.15, 0.2) is 0 Å². The van der Waals surface area contributed by atoms with Crippen molar-refractivity contribution in [2.24, 2.45) is 0 Å². The third-order valence-electron chi connectivity index (χ3n) is 5.17. The lowest BCUT2D eigenvalue weighted by atomic mass is 10.0. The summed E-state index contributed by atoms with van der Waals surface area (Å²) in [5, 5.41) is 18.6. The number of alkyl halides is 5. The van der Waals surface area contributed by atoms with E-state index in [1.54, 1.807) is 0 Å². The predicted molar refractivity (Wildman–Crippen MR) is 110 cm³/mol. The number of aliphatic hydroxyl groups is 1. The van der Waals surface area contributed by atoms with E-state index in [9.17, 15) is 40.3 Å². The average Bonchev–Trinajstić information content (AvgIpc) is 2.74. The van der Waals surface area contributed by atoms with Gasteiger partial charge in [0, 0.05) is 6.54 Å². The molecule has 1 aliphatic rings. The van der Waals surface area contributed by atoms with Gasteiger partial charge in [-0.05, 0) is 42.8 Å². The Morgan fingerprint density at radius 3 is 2.44 bits per heavy atom. The van der Waals surface area contributed by atoms with Crippen LogP contribution in [0.2, 0.25) is 0 Å². The first-order valence-electron chi connectivity index (χ1n) is 9.62. The third-order valence-corrected chi connectivity index (χ3v) is 6.56. The van der Waals surface area contributed by atoms with Crippen LogP contribution in [-0.2, 0) is 16.2 Å². The molecule has 1 heterocycles. The summed E-state index contributed by atoms with van der Waals surface area (Å²) in [6, 6.07) is 4.78. The fourth-order valence-corrected chi connectivity index (χ4v) is 4.68. The number of aliphatic hydroxyl groups excluding tert-OH is 1. The minimum absolute atomic E-state index is 0.186. The van der Waals surface area contributed by atoms with Crippen LogP contribution in [0.25, 0.3) is 0 Å². The number of aromatic carboxylic acids is 1. The number of hydrogen-bond donors (Lipinski definition) is 3. The molecule has 3 N–H and O–H groups in total. The van der Waals surface area contributed by atoms with Crippen LogP contribution in [0.15, 0.2) is 41.3 Å². The van der Waals surface area contributed by atoms with Gasteiger partial charge < -0.3 is 19.8 Å². The lowest BCUT2D eigenvalue weighted by Crippen LogP contribution is -2.51. The van der Waals surface area contributed by atoms with Crippen molar-refractivity contribution in [2.75, 3.05) is 29.8 Å². The summed E-state index contributed by atoms with van der Waals surface area (Å²) in [5.41, 5.74) is -2.62. The van der Waals surface area contributed by atoms with Gasteiger partial charge in [0.25, 0.3) is 15.9 Å². The largest absolute Gasteiger partial charge is 0.495 e. The minimum Gasteiger partial charge on any atom is -0.495 e. The number of halogens is 5. The van der Waals surface area contributed by atoms with Gasteiger partial charge in [0.05, 0.1) is 36.2 Å². The molecule has 8 nitrogen and oxygen atoms in total. The molecule has 34 heavy (non-hydrogen) atoms. The molecule has 14 heteroatoms. The smallest absolute Gasteiger partial charge is 0.416 e. The molecule has 1 saturated heterocycles. The maximum Gasteiger partial charge on any atom is 0.416 e. The number of methoxy groups -OCH3 is 1. The number of piperidine rings is 1. The van der Waals surface area contributed by atoms with Gasteiger partial charge in [-0.3, -0.25) is 4.72 Å². The number of nitrogens with one attached hydrogen (secondary N) is 1. The molecule has 0 spiro atoms. The van der Waals surface area contributed by atoms with Crippen LogP contribution in [0.5, 0.6) is 5.75 Å². The Kier molecular flexibility index (Phi) is 6.68. The highest BCUT2D eigenvalue weighted by Gasteiger charge is 2.44. The van der Waals surface area contributed by atoms with E-state index < -0.39 is 68.9 Å². The Bertz CT molecular complexity index is 1200. The van der Waals surface area contributed by atoms with Gasteiger partial charge in [-0.25, -0.2) is 22.0 Å². The van der Waals surface area contributed by atoms with Crippen LogP contribution in [-0.4, -0.2) is 56.8 Å². The highest BCUT2D eigenvalue weighted by molar-refractivity contribution is 7.92. The van der Waals surface area contributed by atoms with Crippen LogP contribution in [0.4, 0.5) is 33.3 Å². The summed E-state index contributed by atoms with van der Waals surface area (Å²) >= 11 is 0. The normalized spacial score (nSPS) is 18.4. The second kappa shape index (κ2) is 8.91. The summed E-state index contributed by atoms with van der Waals surface area (Å²) in [7, 11) is -3.64. The maximum atomic E-state index is 14.1. The van der Waals surface area contributed by atoms with E-state index in [1.165, 1.54) is 0 Å². The lowest BCUT2D eigenvalue weighted by molar-refractivity contribution is -0.137. The summed E-state index contributed by atoms with van der Waals surface area (Å²) in [6.07, 6.45) is -7.24. The van der Waals surface area contributed by atoms with Crippen molar-refractivity contribution in [1.82, 2.24) is 0 Å². The molecule has 1 atom stereocenters. The van der Waals surface area contributed by atoms with E-state index in [4.69, 9.17) is 9.84 Å². The van der Waals surface area contributed by atoms with E-state index in [0.29, 0.717) is 12.1 Å². The molecule has 0 radical (unpaired) electrons. The number of rotatable bonds is 6. The first-order valence-corrected chi connectivity index (χ1v) is 11.1. The first-order chi connectivity index (χ1) is 15.7. The molecule has 0 amide bonds. The highest BCUT2D eigenvalue weighted by Crippen LogP contribution is 2.39. The van der Waals surface area contributed by atoms with E-state index >= 15 is 0 Å². The number of carboxylic acids is 1. The van der Waals surface area contributed by atoms with Crippen molar-refractivity contribution < 1.29 is 50.1 Å². The highest BCUT2D eigenvalue weighted by atomic mass is 32.2. The number of nitrogens with zero attached hydrogens (tertiary/aromatic N) is 1. The van der Waals surface area contributed by atoms with E-state index in [0.717, 1.165) is 36.3 Å². The number of sulfonamides is 1. The summed E-state index contributed by atoms with van der Waals surface area (Å²) in [5.74, 6) is -5.34. The Morgan fingerprint density at radius 2 is 1.88 bits per heavy atom. The summed E-state index contributed by atoms with van der Waals surface area (Å²) in [4.78, 5) is 11.5. The molecule has 2 aromatic rings. The number of ether oxygens (including phenoxy) is 1. The van der Waals surface area contributed by atoms with Crippen LogP contribution in [0, 0.1) is 0 Å². The SMILES string of the molecule is COc1ccc(C(=O)O)cc1S(=O)(=O)Nc1cc(C(F)(F)F)ccc1N1CCC(O)C(F)(F)C1. The van der Waals surface area contributed by atoms with Gasteiger partial charge in [-0.2, -0.15) is 13.2 Å². The lowest BCUT2D eigenvalue weighted by Gasteiger charge is -2.38. The van der Waals surface area contributed by atoms with Crippen LogP contribution in [0.1, 0.15) is 22.3 Å². The number of carbonyl (C=O) groups is 1. The molecule has 1 aliphatic heterocycles. The summed E-state index contributed by atoms with van der Waals surface area (Å²) in [6.45, 7) is -1.25. The molecular weight excluding hydrogens is 491 g/mol. The van der Waals surface area contributed by atoms with Crippen molar-refractivity contribution in [3.05, 3.63) is 47.5 Å². The quantitative estimate of drug-likeness (QED) is 0.510. The van der Waals surface area contributed by atoms with E-state index in [1.807, 2.05) is 4.72 Å². The molecule has 0 bridgehead atoms. The van der Waals surface area contributed by atoms with Crippen molar-refractivity contribution >= 4 is 27.4 Å². The fraction of sp³-hybridized carbons (Fsp3) is 0.350. The van der Waals surface area contributed by atoms with Crippen molar-refractivity contribution in [2.45, 2.75) is 29.5 Å². The van der Waals surface area contributed by atoms with Crippen molar-refractivity contribution in [1.29, 1.82) is 0 Å². The first kappa shape index (κ1) is 25.5. The van der Waals surface area contributed by atoms with Gasteiger partial charge >= 0.3 is 12.1 Å². The molecule has 1 fully saturated rings. The number of benzene rings is 2. The molecule has 2 aromatic carbocycles. The molecule has 0 aliphatic carbocycles. The van der Waals surface area contributed by atoms with Crippen molar-refractivity contribution in [3.63, 3.8) is 0 Å². The van der Waals surface area contributed by atoms with Gasteiger partial charge in [-0.15, -0.1) is 0 Å². The molecule has 0 saturated carbocycles. The number of anilines is 2. The van der Waals surface area contributed by atoms with Crippen LogP contribution >= 0.6 is 0 Å². The van der Waals surface area contributed by atoms with E-state index in [2.05, 4.69) is 0 Å². The molecular formula is C20H19F5N2O6S. The van der Waals surface area contributed by atoms with Gasteiger partial charge in [0.2, 0.25) is 0 Å². The van der Waals surface area contributed by atoms with Gasteiger partial charge in [0.1, 0.15) is 16.7 Å². The molecule has 186 valence electrons. The maximum absolute atomic E-state index is 14.1. The van der Waals surface area contributed by atoms with Crippen LogP contribution < -0.4 is 14.4 Å². The second-order valence-corrected chi connectivity index (χ2v) is 9.14. The fourth-order valence-electron chi connectivity index (χ4n) is 3.42.